The van der Waals surface area contributed by atoms with Gasteiger partial charge in [0.25, 0.3) is 0 Å². The van der Waals surface area contributed by atoms with Crippen LogP contribution in [-0.2, 0) is 9.59 Å². The van der Waals surface area contributed by atoms with Gasteiger partial charge in [0.15, 0.2) is 0 Å². The minimum atomic E-state index is -0.847. The van der Waals surface area contributed by atoms with Gasteiger partial charge < -0.3 is 15.1 Å². The van der Waals surface area contributed by atoms with Crippen molar-refractivity contribution in [2.75, 3.05) is 35.8 Å². The Bertz CT molecular complexity index is 792. The summed E-state index contributed by atoms with van der Waals surface area (Å²) >= 11 is 0. The van der Waals surface area contributed by atoms with Gasteiger partial charge in [0.05, 0.1) is 5.69 Å². The molecule has 0 saturated carbocycles. The first-order valence-corrected chi connectivity index (χ1v) is 8.08. The number of amides is 2. The van der Waals surface area contributed by atoms with Crippen LogP contribution in [0.4, 0.5) is 25.8 Å². The third kappa shape index (κ3) is 5.02. The molecule has 0 unspecified atom stereocenters. The predicted octanol–water partition coefficient (Wildman–Crippen LogP) is 3.41. The average molecular weight is 361 g/mol. The Morgan fingerprint density at radius 2 is 1.69 bits per heavy atom. The zero-order valence-electron chi connectivity index (χ0n) is 14.9. The maximum absolute atomic E-state index is 13.9. The number of anilines is 3. The molecule has 0 aliphatic carbocycles. The van der Waals surface area contributed by atoms with Crippen LogP contribution < -0.4 is 15.1 Å². The van der Waals surface area contributed by atoms with E-state index in [4.69, 9.17) is 0 Å². The molecule has 2 amide bonds. The summed E-state index contributed by atoms with van der Waals surface area (Å²) in [7, 11) is 3.83. The Labute approximate surface area is 151 Å². The second-order valence-corrected chi connectivity index (χ2v) is 6.01. The van der Waals surface area contributed by atoms with E-state index in [9.17, 15) is 18.4 Å². The van der Waals surface area contributed by atoms with E-state index >= 15 is 0 Å². The molecule has 0 atom stereocenters. The van der Waals surface area contributed by atoms with Gasteiger partial charge in [-0.05, 0) is 36.4 Å². The molecule has 7 heteroatoms. The van der Waals surface area contributed by atoms with Crippen LogP contribution in [0.5, 0.6) is 0 Å². The largest absolute Gasteiger partial charge is 0.378 e. The first-order chi connectivity index (χ1) is 12.3. The molecular weight excluding hydrogens is 340 g/mol. The highest BCUT2D eigenvalue weighted by Crippen LogP contribution is 2.21. The summed E-state index contributed by atoms with van der Waals surface area (Å²) < 4.78 is 26.9. The van der Waals surface area contributed by atoms with E-state index in [0.717, 1.165) is 16.7 Å². The quantitative estimate of drug-likeness (QED) is 0.858. The number of hydrogen-bond donors (Lipinski definition) is 1. The SMILES string of the molecule is CC(=O)N(CCC(=O)Nc1ccc(N(C)C)cc1)c1ccc(F)cc1F. The molecule has 0 fully saturated rings. The molecule has 0 bridgehead atoms. The Hall–Kier alpha value is -2.96. The van der Waals surface area contributed by atoms with Crippen LogP contribution in [0.2, 0.25) is 0 Å². The van der Waals surface area contributed by atoms with Crippen LogP contribution in [0.15, 0.2) is 42.5 Å². The van der Waals surface area contributed by atoms with Gasteiger partial charge in [0.1, 0.15) is 11.6 Å². The highest BCUT2D eigenvalue weighted by Gasteiger charge is 2.17. The smallest absolute Gasteiger partial charge is 0.226 e. The van der Waals surface area contributed by atoms with Crippen LogP contribution in [0.25, 0.3) is 0 Å². The summed E-state index contributed by atoms with van der Waals surface area (Å²) in [5.41, 5.74) is 1.57. The highest BCUT2D eigenvalue weighted by atomic mass is 19.1. The van der Waals surface area contributed by atoms with E-state index in [0.29, 0.717) is 11.8 Å². The van der Waals surface area contributed by atoms with Crippen molar-refractivity contribution in [3.63, 3.8) is 0 Å². The van der Waals surface area contributed by atoms with Gasteiger partial charge in [-0.3, -0.25) is 9.59 Å². The molecule has 0 spiro atoms. The van der Waals surface area contributed by atoms with Crippen molar-refractivity contribution in [1.29, 1.82) is 0 Å². The fourth-order valence-corrected chi connectivity index (χ4v) is 2.43. The Balaban J connectivity index is 2.00. The number of rotatable bonds is 6. The molecule has 5 nitrogen and oxygen atoms in total. The number of carbonyl (C=O) groups is 2. The van der Waals surface area contributed by atoms with Gasteiger partial charge in [0, 0.05) is 51.4 Å². The predicted molar refractivity (Wildman–Crippen MR) is 98.4 cm³/mol. The lowest BCUT2D eigenvalue weighted by Crippen LogP contribution is -2.32. The molecule has 138 valence electrons. The third-order valence-corrected chi connectivity index (χ3v) is 3.81. The van der Waals surface area contributed by atoms with Gasteiger partial charge in [-0.25, -0.2) is 8.78 Å². The zero-order valence-corrected chi connectivity index (χ0v) is 14.9. The fourth-order valence-electron chi connectivity index (χ4n) is 2.43. The Morgan fingerprint density at radius 1 is 1.04 bits per heavy atom. The topological polar surface area (TPSA) is 52.7 Å². The Morgan fingerprint density at radius 3 is 2.23 bits per heavy atom. The van der Waals surface area contributed by atoms with Crippen molar-refractivity contribution in [2.45, 2.75) is 13.3 Å². The van der Waals surface area contributed by atoms with Gasteiger partial charge >= 0.3 is 0 Å². The lowest BCUT2D eigenvalue weighted by molar-refractivity contribution is -0.117. The number of halogens is 2. The molecule has 0 heterocycles. The Kier molecular flexibility index (Phi) is 6.27. The molecule has 2 aromatic carbocycles. The van der Waals surface area contributed by atoms with E-state index in [2.05, 4.69) is 5.32 Å². The average Bonchev–Trinajstić information content (AvgIpc) is 2.57. The molecule has 0 aromatic heterocycles. The van der Waals surface area contributed by atoms with E-state index in [1.807, 2.05) is 31.1 Å². The van der Waals surface area contributed by atoms with Crippen LogP contribution in [0.3, 0.4) is 0 Å². The van der Waals surface area contributed by atoms with Crippen molar-refractivity contribution in [3.8, 4) is 0 Å². The molecule has 0 aliphatic rings. The molecule has 0 saturated heterocycles. The minimum Gasteiger partial charge on any atom is -0.378 e. The minimum absolute atomic E-state index is 0.0144. The fraction of sp³-hybridized carbons (Fsp3) is 0.263. The number of carbonyl (C=O) groups excluding carboxylic acids is 2. The second-order valence-electron chi connectivity index (χ2n) is 6.01. The molecule has 0 aliphatic heterocycles. The molecule has 26 heavy (non-hydrogen) atoms. The van der Waals surface area contributed by atoms with Gasteiger partial charge in [-0.1, -0.05) is 0 Å². The molecule has 1 N–H and O–H groups in total. The van der Waals surface area contributed by atoms with Gasteiger partial charge in [-0.2, -0.15) is 0 Å². The van der Waals surface area contributed by atoms with E-state index in [1.54, 1.807) is 12.1 Å². The van der Waals surface area contributed by atoms with E-state index < -0.39 is 17.5 Å². The zero-order chi connectivity index (χ0) is 19.3. The van der Waals surface area contributed by atoms with Crippen LogP contribution >= 0.6 is 0 Å². The van der Waals surface area contributed by atoms with Crippen molar-refractivity contribution in [2.24, 2.45) is 0 Å². The summed E-state index contributed by atoms with van der Waals surface area (Å²) in [6, 6.07) is 10.2. The molecule has 2 aromatic rings. The second kappa shape index (κ2) is 8.42. The van der Waals surface area contributed by atoms with Crippen molar-refractivity contribution >= 4 is 28.9 Å². The van der Waals surface area contributed by atoms with Crippen molar-refractivity contribution in [1.82, 2.24) is 0 Å². The summed E-state index contributed by atoms with van der Waals surface area (Å²) in [6.45, 7) is 1.25. The third-order valence-electron chi connectivity index (χ3n) is 3.81. The first kappa shape index (κ1) is 19.4. The summed E-state index contributed by atoms with van der Waals surface area (Å²) in [4.78, 5) is 27.0. The molecular formula is C19H21F2N3O2. The normalized spacial score (nSPS) is 10.3. The lowest BCUT2D eigenvalue weighted by Gasteiger charge is -2.21. The monoisotopic (exact) mass is 361 g/mol. The summed E-state index contributed by atoms with van der Waals surface area (Å²) in [6.07, 6.45) is -0.0220. The number of benzene rings is 2. The molecule has 2 rings (SSSR count). The standard InChI is InChI=1S/C19H21F2N3O2/c1-13(25)24(18-9-4-14(20)12-17(18)21)11-10-19(26)22-15-5-7-16(8-6-15)23(2)3/h4-9,12H,10-11H2,1-3H3,(H,22,26). The van der Waals surface area contributed by atoms with Crippen molar-refractivity contribution < 1.29 is 18.4 Å². The van der Waals surface area contributed by atoms with E-state index in [1.165, 1.54) is 13.0 Å². The van der Waals surface area contributed by atoms with Crippen molar-refractivity contribution in [3.05, 3.63) is 54.1 Å². The summed E-state index contributed by atoms with van der Waals surface area (Å²) in [5, 5.41) is 2.73. The first-order valence-electron chi connectivity index (χ1n) is 8.08. The maximum Gasteiger partial charge on any atom is 0.226 e. The lowest BCUT2D eigenvalue weighted by atomic mass is 10.2. The highest BCUT2D eigenvalue weighted by molar-refractivity contribution is 5.95. The van der Waals surface area contributed by atoms with Gasteiger partial charge in [-0.15, -0.1) is 0 Å². The number of nitrogens with one attached hydrogen (secondary N) is 1. The maximum atomic E-state index is 13.9. The van der Waals surface area contributed by atoms with Gasteiger partial charge in [0.2, 0.25) is 11.8 Å². The summed E-state index contributed by atoms with van der Waals surface area (Å²) in [5.74, 6) is -2.32. The van der Waals surface area contributed by atoms with E-state index in [-0.39, 0.29) is 24.6 Å². The van der Waals surface area contributed by atoms with Crippen LogP contribution in [0, 0.1) is 11.6 Å². The van der Waals surface area contributed by atoms with Crippen LogP contribution in [0.1, 0.15) is 13.3 Å². The molecule has 0 radical (unpaired) electrons. The number of hydrogen-bond acceptors (Lipinski definition) is 3. The number of nitrogens with zero attached hydrogens (tertiary/aromatic N) is 2. The van der Waals surface area contributed by atoms with Crippen LogP contribution in [-0.4, -0.2) is 32.5 Å².